The van der Waals surface area contributed by atoms with Crippen LogP contribution in [0.15, 0.2) is 12.7 Å². The van der Waals surface area contributed by atoms with Gasteiger partial charge in [0.15, 0.2) is 17.0 Å². The van der Waals surface area contributed by atoms with Gasteiger partial charge in [0, 0.05) is 6.54 Å². The van der Waals surface area contributed by atoms with Gasteiger partial charge < -0.3 is 29.7 Å². The van der Waals surface area contributed by atoms with E-state index in [0.29, 0.717) is 19.4 Å². The van der Waals surface area contributed by atoms with Gasteiger partial charge in [-0.1, -0.05) is 13.3 Å². The van der Waals surface area contributed by atoms with Gasteiger partial charge in [-0.15, -0.1) is 0 Å². The molecule has 0 saturated carbocycles. The Morgan fingerprint density at radius 2 is 2.13 bits per heavy atom. The molecule has 2 aromatic rings. The van der Waals surface area contributed by atoms with E-state index in [9.17, 15) is 14.4 Å². The van der Waals surface area contributed by atoms with Crippen molar-refractivity contribution in [3.05, 3.63) is 12.7 Å². The summed E-state index contributed by atoms with van der Waals surface area (Å²) in [6.45, 7) is 1.89. The molecule has 0 unspecified atom stereocenters. The highest BCUT2D eigenvalue weighted by Gasteiger charge is 2.20. The van der Waals surface area contributed by atoms with E-state index in [0.717, 1.165) is 12.8 Å². The number of nitrogens with zero attached hydrogens (tertiary/aromatic N) is 5. The summed E-state index contributed by atoms with van der Waals surface area (Å²) >= 11 is 0. The maximum absolute atomic E-state index is 12.7. The molecule has 2 rings (SSSR count). The number of imidazole rings is 1. The maximum Gasteiger partial charge on any atom is 0.412 e. The average Bonchev–Trinajstić information content (AvgIpc) is 3.14. The van der Waals surface area contributed by atoms with Crippen molar-refractivity contribution in [1.29, 1.82) is 0 Å². The molecular weight excluding hydrogens is 409 g/mol. The zero-order chi connectivity index (χ0) is 22.6. The second-order valence-electron chi connectivity index (χ2n) is 6.52. The van der Waals surface area contributed by atoms with Crippen molar-refractivity contribution >= 4 is 42.4 Å². The van der Waals surface area contributed by atoms with Crippen molar-refractivity contribution in [3.8, 4) is 0 Å². The van der Waals surface area contributed by atoms with Crippen LogP contribution in [0.2, 0.25) is 6.32 Å². The molecule has 31 heavy (non-hydrogen) atoms. The van der Waals surface area contributed by atoms with Gasteiger partial charge in [-0.2, -0.15) is 0 Å². The summed E-state index contributed by atoms with van der Waals surface area (Å²) in [5, 5.41) is 11.6. The van der Waals surface area contributed by atoms with E-state index in [-0.39, 0.29) is 37.8 Å². The number of amides is 2. The first-order chi connectivity index (χ1) is 15.0. The third-order valence-electron chi connectivity index (χ3n) is 4.17. The number of carbonyl (C=O) groups excluding carboxylic acids is 2. The first-order valence-corrected chi connectivity index (χ1v) is 9.83. The molecule has 0 atom stereocenters. The molecule has 0 radical (unpaired) electrons. The number of fused-ring (bicyclic) bond motifs is 1. The molecule has 0 aliphatic heterocycles. The normalized spacial score (nSPS) is 10.6. The number of nitrogens with two attached hydrogens (primary N) is 1. The molecule has 4 N–H and O–H groups in total. The Morgan fingerprint density at radius 3 is 2.84 bits per heavy atom. The zero-order valence-electron chi connectivity index (χ0n) is 17.3. The largest absolute Gasteiger partial charge is 0.480 e. The molecule has 2 amide bonds. The Labute approximate surface area is 179 Å². The molecule has 0 bridgehead atoms. The van der Waals surface area contributed by atoms with Gasteiger partial charge in [-0.25, -0.2) is 19.7 Å². The highest BCUT2D eigenvalue weighted by molar-refractivity contribution is 6.27. The van der Waals surface area contributed by atoms with Crippen LogP contribution < -0.4 is 11.1 Å². The number of hydrogen-bond donors (Lipinski definition) is 3. The summed E-state index contributed by atoms with van der Waals surface area (Å²) in [5.41, 5.74) is 5.84. The fourth-order valence-corrected chi connectivity index (χ4v) is 2.67. The fourth-order valence-electron chi connectivity index (χ4n) is 2.67. The molecule has 168 valence electrons. The molecule has 2 heterocycles. The Balaban J connectivity index is 2.08. The van der Waals surface area contributed by atoms with Gasteiger partial charge in [0.25, 0.3) is 7.48 Å². The van der Waals surface area contributed by atoms with Gasteiger partial charge in [-0.3, -0.25) is 14.9 Å². The van der Waals surface area contributed by atoms with Crippen LogP contribution in [-0.4, -0.2) is 81.4 Å². The van der Waals surface area contributed by atoms with Gasteiger partial charge in [0.1, 0.15) is 19.4 Å². The van der Waals surface area contributed by atoms with Gasteiger partial charge >= 0.3 is 12.1 Å². The predicted octanol–water partition coefficient (Wildman–Crippen LogP) is -0.209. The minimum absolute atomic E-state index is 0.0517. The smallest absolute Gasteiger partial charge is 0.412 e. The second kappa shape index (κ2) is 12.4. The topological polar surface area (TPSA) is 175 Å². The number of rotatable bonds is 13. The van der Waals surface area contributed by atoms with E-state index in [1.54, 1.807) is 0 Å². The van der Waals surface area contributed by atoms with Crippen LogP contribution in [0, 0.1) is 0 Å². The van der Waals surface area contributed by atoms with E-state index >= 15 is 0 Å². The standard InChI is InChI=1S/C17H26BN7O6/c1-2-3-6-30-17(29)23-15-14-16(21-10-20-15)25(11-22-14)7-12(26)24(8-13(27)28)5-4-18-31-9-19/h10-11,18H,2-9,19H2,1H3,(H,27,28)(H,20,21,23,29). The molecule has 0 fully saturated rings. The molecule has 14 heteroatoms. The molecule has 0 aromatic carbocycles. The number of carboxylic acid groups (broad SMARTS) is 1. The van der Waals surface area contributed by atoms with Crippen molar-refractivity contribution in [2.75, 3.05) is 31.7 Å². The Kier molecular flexibility index (Phi) is 9.64. The van der Waals surface area contributed by atoms with Crippen LogP contribution in [-0.2, 0) is 25.5 Å². The predicted molar refractivity (Wildman–Crippen MR) is 112 cm³/mol. The minimum Gasteiger partial charge on any atom is -0.480 e. The lowest BCUT2D eigenvalue weighted by Crippen LogP contribution is -2.39. The summed E-state index contributed by atoms with van der Waals surface area (Å²) in [6.07, 6.45) is 4.02. The number of hydrogen-bond acceptors (Lipinski definition) is 9. The number of aromatic nitrogens is 4. The van der Waals surface area contributed by atoms with E-state index in [1.165, 1.54) is 22.1 Å². The summed E-state index contributed by atoms with van der Waals surface area (Å²) in [7, 11) is 0.310. The van der Waals surface area contributed by atoms with Crippen molar-refractivity contribution in [3.63, 3.8) is 0 Å². The quantitative estimate of drug-likeness (QED) is 0.217. The first-order valence-electron chi connectivity index (χ1n) is 9.83. The molecule has 0 spiro atoms. The van der Waals surface area contributed by atoms with Crippen molar-refractivity contribution < 1.29 is 28.9 Å². The van der Waals surface area contributed by atoms with Crippen LogP contribution in [0.4, 0.5) is 10.6 Å². The second-order valence-corrected chi connectivity index (χ2v) is 6.52. The van der Waals surface area contributed by atoms with Crippen molar-refractivity contribution in [2.24, 2.45) is 5.73 Å². The summed E-state index contributed by atoms with van der Waals surface area (Å²) in [4.78, 5) is 49.2. The number of carbonyl (C=O) groups is 3. The monoisotopic (exact) mass is 435 g/mol. The van der Waals surface area contributed by atoms with E-state index < -0.39 is 24.5 Å². The number of unbranched alkanes of at least 4 members (excludes halogenated alkanes) is 1. The molecular formula is C17H26BN7O6. The highest BCUT2D eigenvalue weighted by atomic mass is 16.5. The Bertz CT molecular complexity index is 893. The van der Waals surface area contributed by atoms with Crippen molar-refractivity contribution in [1.82, 2.24) is 24.4 Å². The average molecular weight is 435 g/mol. The lowest BCUT2D eigenvalue weighted by atomic mass is 9.95. The third kappa shape index (κ3) is 7.49. The maximum atomic E-state index is 12.7. The summed E-state index contributed by atoms with van der Waals surface area (Å²) in [6, 6.07) is 0. The lowest BCUT2D eigenvalue weighted by Gasteiger charge is -2.20. The zero-order valence-corrected chi connectivity index (χ0v) is 17.3. The number of aliphatic carboxylic acids is 1. The fraction of sp³-hybridized carbons (Fsp3) is 0.529. The number of ether oxygens (including phenoxy) is 1. The minimum atomic E-state index is -1.13. The highest BCUT2D eigenvalue weighted by Crippen LogP contribution is 2.17. The van der Waals surface area contributed by atoms with Gasteiger partial charge in [-0.05, 0) is 12.7 Å². The lowest BCUT2D eigenvalue weighted by molar-refractivity contribution is -0.144. The Morgan fingerprint density at radius 1 is 1.32 bits per heavy atom. The molecule has 0 aliphatic carbocycles. The van der Waals surface area contributed by atoms with E-state index in [4.69, 9.17) is 20.2 Å². The molecule has 2 aromatic heterocycles. The summed E-state index contributed by atoms with van der Waals surface area (Å²) < 4.78 is 11.5. The SMILES string of the molecule is CCCCOC(=O)Nc1ncnc2c1ncn2CC(=O)N(CCBOCN)CC(=O)O. The van der Waals surface area contributed by atoms with Gasteiger partial charge in [0.2, 0.25) is 5.91 Å². The van der Waals surface area contributed by atoms with Crippen molar-refractivity contribution in [2.45, 2.75) is 32.6 Å². The van der Waals surface area contributed by atoms with Crippen LogP contribution in [0.3, 0.4) is 0 Å². The third-order valence-corrected chi connectivity index (χ3v) is 4.17. The molecule has 0 aliphatic rings. The number of anilines is 1. The van der Waals surface area contributed by atoms with Crippen LogP contribution >= 0.6 is 0 Å². The van der Waals surface area contributed by atoms with Crippen LogP contribution in [0.25, 0.3) is 11.2 Å². The van der Waals surface area contributed by atoms with Crippen LogP contribution in [0.1, 0.15) is 19.8 Å². The van der Waals surface area contributed by atoms with Crippen LogP contribution in [0.5, 0.6) is 0 Å². The summed E-state index contributed by atoms with van der Waals surface area (Å²) in [5.74, 6) is -1.40. The number of nitrogens with one attached hydrogen (secondary N) is 1. The number of carboxylic acids is 1. The molecule has 13 nitrogen and oxygen atoms in total. The Hall–Kier alpha value is -3.26. The first kappa shape index (κ1) is 24.0. The van der Waals surface area contributed by atoms with E-state index in [2.05, 4.69) is 20.3 Å². The van der Waals surface area contributed by atoms with Gasteiger partial charge in [0.05, 0.1) is 19.7 Å². The van der Waals surface area contributed by atoms with E-state index in [1.807, 2.05) is 6.92 Å². The molecule has 0 saturated heterocycles.